The van der Waals surface area contributed by atoms with Gasteiger partial charge in [0.25, 0.3) is 0 Å². The molecule has 0 radical (unpaired) electrons. The number of rotatable bonds is 10. The molecular weight excluding hydrogens is 398 g/mol. The number of carbonyl (C=O) groups is 1. The summed E-state index contributed by atoms with van der Waals surface area (Å²) in [6.45, 7) is 13.4. The Morgan fingerprint density at radius 1 is 1.07 bits per heavy atom. The second-order valence-electron chi connectivity index (χ2n) is 9.53. The van der Waals surface area contributed by atoms with Crippen LogP contribution >= 0.6 is 0 Å². The van der Waals surface area contributed by atoms with Crippen LogP contribution in [0.15, 0.2) is 12.1 Å². The van der Waals surface area contributed by atoms with Crippen LogP contribution in [-0.4, -0.2) is 53.6 Å². The fraction of sp³-hybridized carbons (Fsp3) is 0.696. The van der Waals surface area contributed by atoms with Crippen molar-refractivity contribution in [3.05, 3.63) is 17.7 Å². The molecule has 0 N–H and O–H groups in total. The zero-order chi connectivity index (χ0) is 22.5. The van der Waals surface area contributed by atoms with Gasteiger partial charge < -0.3 is 23.5 Å². The van der Waals surface area contributed by atoms with E-state index in [0.29, 0.717) is 23.8 Å². The van der Waals surface area contributed by atoms with Crippen molar-refractivity contribution in [2.24, 2.45) is 5.92 Å². The maximum absolute atomic E-state index is 12.9. The fourth-order valence-corrected chi connectivity index (χ4v) is 4.64. The molecule has 170 valence electrons. The monoisotopic (exact) mass is 437 g/mol. The van der Waals surface area contributed by atoms with E-state index in [1.165, 1.54) is 0 Å². The number of hydrogen-bond acceptors (Lipinski definition) is 5. The van der Waals surface area contributed by atoms with Gasteiger partial charge in [-0.2, -0.15) is 0 Å². The second-order valence-corrected chi connectivity index (χ2v) is 14.3. The van der Waals surface area contributed by atoms with Crippen LogP contribution in [-0.2, 0) is 15.8 Å². The third kappa shape index (κ3) is 5.69. The van der Waals surface area contributed by atoms with Crippen molar-refractivity contribution in [1.82, 2.24) is 4.90 Å². The molecule has 1 heterocycles. The lowest BCUT2D eigenvalue weighted by molar-refractivity contribution is -0.131. The number of benzene rings is 1. The van der Waals surface area contributed by atoms with Gasteiger partial charge in [-0.3, -0.25) is 4.79 Å². The Hall–Kier alpha value is -1.73. The molecule has 7 heteroatoms. The Bertz CT molecular complexity index is 704. The van der Waals surface area contributed by atoms with Gasteiger partial charge >= 0.3 is 0 Å². The predicted octanol–water partition coefficient (Wildman–Crippen LogP) is 4.86. The summed E-state index contributed by atoms with van der Waals surface area (Å²) in [5.74, 6) is 2.11. The molecule has 1 aliphatic heterocycles. The van der Waals surface area contributed by atoms with Gasteiger partial charge in [-0.1, -0.05) is 20.8 Å². The normalized spacial score (nSPS) is 17.4. The Balaban J connectivity index is 1.92. The van der Waals surface area contributed by atoms with Crippen molar-refractivity contribution in [3.8, 4) is 17.2 Å². The number of hydrogen-bond donors (Lipinski definition) is 0. The molecule has 1 unspecified atom stereocenters. The summed E-state index contributed by atoms with van der Waals surface area (Å²) in [7, 11) is 3.07. The lowest BCUT2D eigenvalue weighted by atomic mass is 10.0. The highest BCUT2D eigenvalue weighted by Crippen LogP contribution is 2.39. The van der Waals surface area contributed by atoms with Crippen molar-refractivity contribution < 1.29 is 23.4 Å². The van der Waals surface area contributed by atoms with Crippen molar-refractivity contribution in [2.75, 3.05) is 34.5 Å². The first-order valence-corrected chi connectivity index (χ1v) is 13.7. The summed E-state index contributed by atoms with van der Waals surface area (Å²) in [6, 6.07) is 3.82. The Morgan fingerprint density at radius 3 is 2.17 bits per heavy atom. The van der Waals surface area contributed by atoms with Crippen LogP contribution < -0.4 is 14.2 Å². The Morgan fingerprint density at radius 2 is 1.67 bits per heavy atom. The number of nitrogens with zero attached hydrogens (tertiary/aromatic N) is 1. The molecule has 0 aromatic heterocycles. The van der Waals surface area contributed by atoms with E-state index in [4.69, 9.17) is 18.6 Å². The molecule has 0 aliphatic carbocycles. The molecule has 1 saturated heterocycles. The van der Waals surface area contributed by atoms with Crippen molar-refractivity contribution >= 4 is 14.2 Å². The van der Waals surface area contributed by atoms with E-state index in [2.05, 4.69) is 33.9 Å². The molecule has 0 saturated carbocycles. The van der Waals surface area contributed by atoms with E-state index in [-0.39, 0.29) is 16.9 Å². The smallest absolute Gasteiger partial charge is 0.226 e. The average molecular weight is 438 g/mol. The van der Waals surface area contributed by atoms with Crippen LogP contribution in [0.25, 0.3) is 0 Å². The van der Waals surface area contributed by atoms with Gasteiger partial charge in [0.2, 0.25) is 11.7 Å². The summed E-state index contributed by atoms with van der Waals surface area (Å²) >= 11 is 0. The Kier molecular flexibility index (Phi) is 8.22. The van der Waals surface area contributed by atoms with Crippen LogP contribution in [0.4, 0.5) is 0 Å². The SMILES string of the molecule is COc1cc(CN2CCC(CCCO[Si](C)(C)C(C)(C)C)C2=O)cc(OC)c1OC. The first-order valence-electron chi connectivity index (χ1n) is 10.8. The van der Waals surface area contributed by atoms with Gasteiger partial charge in [-0.05, 0) is 55.1 Å². The van der Waals surface area contributed by atoms with Crippen molar-refractivity contribution in [1.29, 1.82) is 0 Å². The molecule has 6 nitrogen and oxygen atoms in total. The molecule has 1 aromatic carbocycles. The minimum absolute atomic E-state index is 0.0926. The minimum atomic E-state index is -1.72. The van der Waals surface area contributed by atoms with E-state index in [1.54, 1.807) is 21.3 Å². The minimum Gasteiger partial charge on any atom is -0.493 e. The van der Waals surface area contributed by atoms with Crippen molar-refractivity contribution in [3.63, 3.8) is 0 Å². The van der Waals surface area contributed by atoms with E-state index >= 15 is 0 Å². The molecule has 2 rings (SSSR count). The van der Waals surface area contributed by atoms with Crippen LogP contribution in [0.5, 0.6) is 17.2 Å². The van der Waals surface area contributed by atoms with Gasteiger partial charge in [-0.15, -0.1) is 0 Å². The zero-order valence-corrected chi connectivity index (χ0v) is 21.0. The predicted molar refractivity (Wildman–Crippen MR) is 122 cm³/mol. The highest BCUT2D eigenvalue weighted by atomic mass is 28.4. The van der Waals surface area contributed by atoms with Gasteiger partial charge in [0, 0.05) is 25.6 Å². The molecular formula is C23H39NO5Si. The molecule has 1 amide bonds. The third-order valence-electron chi connectivity index (χ3n) is 6.47. The van der Waals surface area contributed by atoms with E-state index < -0.39 is 8.32 Å². The third-order valence-corrected chi connectivity index (χ3v) is 11.0. The van der Waals surface area contributed by atoms with Gasteiger partial charge in [-0.25, -0.2) is 0 Å². The number of likely N-dealkylation sites (tertiary alicyclic amines) is 1. The first-order chi connectivity index (χ1) is 14.0. The summed E-state index contributed by atoms with van der Waals surface area (Å²) in [5.41, 5.74) is 0.972. The summed E-state index contributed by atoms with van der Waals surface area (Å²) < 4.78 is 22.5. The van der Waals surface area contributed by atoms with Crippen molar-refractivity contribution in [2.45, 2.75) is 64.7 Å². The lowest BCUT2D eigenvalue weighted by Gasteiger charge is -2.36. The van der Waals surface area contributed by atoms with Crippen LogP contribution in [0.2, 0.25) is 18.1 Å². The topological polar surface area (TPSA) is 57.2 Å². The standard InChI is InChI=1S/C23H39NO5Si/c1-23(2,3)30(7,8)29-13-9-10-18-11-12-24(22(18)25)16-17-14-19(26-4)21(28-6)20(15-17)27-5/h14-15,18H,9-13,16H2,1-8H3. The molecule has 1 aliphatic rings. The maximum atomic E-state index is 12.9. The average Bonchev–Trinajstić information content (AvgIpc) is 3.03. The van der Waals surface area contributed by atoms with Gasteiger partial charge in [0.05, 0.1) is 21.3 Å². The lowest BCUT2D eigenvalue weighted by Crippen LogP contribution is -2.41. The van der Waals surface area contributed by atoms with Crippen LogP contribution in [0.3, 0.4) is 0 Å². The fourth-order valence-electron chi connectivity index (χ4n) is 3.55. The largest absolute Gasteiger partial charge is 0.493 e. The summed E-state index contributed by atoms with van der Waals surface area (Å²) in [6.07, 6.45) is 2.73. The number of ether oxygens (including phenoxy) is 3. The number of carbonyl (C=O) groups excluding carboxylic acids is 1. The van der Waals surface area contributed by atoms with E-state index in [0.717, 1.165) is 38.0 Å². The maximum Gasteiger partial charge on any atom is 0.226 e. The van der Waals surface area contributed by atoms with Gasteiger partial charge in [0.1, 0.15) is 0 Å². The summed E-state index contributed by atoms with van der Waals surface area (Å²) in [4.78, 5) is 14.8. The van der Waals surface area contributed by atoms with Crippen LogP contribution in [0, 0.1) is 5.92 Å². The van der Waals surface area contributed by atoms with E-state index in [9.17, 15) is 4.79 Å². The first kappa shape index (κ1) is 24.5. The Labute approximate surface area is 183 Å². The molecule has 1 aromatic rings. The molecule has 30 heavy (non-hydrogen) atoms. The second kappa shape index (κ2) is 10.0. The molecule has 0 bridgehead atoms. The highest BCUT2D eigenvalue weighted by Gasteiger charge is 2.37. The number of amides is 1. The summed E-state index contributed by atoms with van der Waals surface area (Å²) in [5, 5.41) is 0.216. The quantitative estimate of drug-likeness (QED) is 0.386. The van der Waals surface area contributed by atoms with Gasteiger partial charge in [0.15, 0.2) is 19.8 Å². The molecule has 1 fully saturated rings. The highest BCUT2D eigenvalue weighted by molar-refractivity contribution is 6.74. The zero-order valence-electron chi connectivity index (χ0n) is 20.0. The van der Waals surface area contributed by atoms with E-state index in [1.807, 2.05) is 17.0 Å². The number of methoxy groups -OCH3 is 3. The van der Waals surface area contributed by atoms with Crippen LogP contribution in [0.1, 0.15) is 45.6 Å². The molecule has 0 spiro atoms. The molecule has 1 atom stereocenters.